The van der Waals surface area contributed by atoms with Crippen molar-refractivity contribution in [1.82, 2.24) is 10.2 Å². The van der Waals surface area contributed by atoms with Gasteiger partial charge in [-0.05, 0) is 31.0 Å². The number of nitrogens with one attached hydrogen (secondary N) is 1. The maximum absolute atomic E-state index is 11.7. The van der Waals surface area contributed by atoms with Crippen LogP contribution in [0.3, 0.4) is 0 Å². The molecule has 0 spiro atoms. The molecule has 1 aromatic carbocycles. The van der Waals surface area contributed by atoms with Crippen LogP contribution in [-0.4, -0.2) is 36.9 Å². The van der Waals surface area contributed by atoms with Gasteiger partial charge in [-0.1, -0.05) is 19.1 Å². The van der Waals surface area contributed by atoms with Gasteiger partial charge in [-0.25, -0.2) is 4.99 Å². The Labute approximate surface area is 144 Å². The molecular formula is C15H25IN4O. The highest BCUT2D eigenvalue weighted by Gasteiger charge is 2.07. The molecule has 6 heteroatoms. The molecule has 21 heavy (non-hydrogen) atoms. The van der Waals surface area contributed by atoms with Crippen LogP contribution in [0.4, 0.5) is 0 Å². The molecule has 1 amide bonds. The van der Waals surface area contributed by atoms with Gasteiger partial charge in [0.05, 0.1) is 6.54 Å². The van der Waals surface area contributed by atoms with Crippen LogP contribution >= 0.6 is 24.0 Å². The molecule has 1 unspecified atom stereocenters. The van der Waals surface area contributed by atoms with Crippen LogP contribution in [0.1, 0.15) is 36.2 Å². The zero-order chi connectivity index (χ0) is 15.1. The van der Waals surface area contributed by atoms with Crippen LogP contribution in [-0.2, 0) is 6.54 Å². The number of carbonyl (C=O) groups is 1. The maximum atomic E-state index is 11.7. The lowest BCUT2D eigenvalue weighted by atomic mass is 10.1. The minimum absolute atomic E-state index is 0. The van der Waals surface area contributed by atoms with Crippen LogP contribution < -0.4 is 11.1 Å². The largest absolute Gasteiger partial charge is 0.370 e. The summed E-state index contributed by atoms with van der Waals surface area (Å²) in [6, 6.07) is 7.74. The molecule has 1 rings (SSSR count). The average molecular weight is 404 g/mol. The van der Waals surface area contributed by atoms with Crippen molar-refractivity contribution >= 4 is 35.8 Å². The normalized spacial score (nSPS) is 12.3. The van der Waals surface area contributed by atoms with E-state index in [-0.39, 0.29) is 29.9 Å². The minimum atomic E-state index is -0.00185. The topological polar surface area (TPSA) is 70.7 Å². The van der Waals surface area contributed by atoms with Crippen molar-refractivity contribution in [3.63, 3.8) is 0 Å². The molecule has 0 radical (unpaired) electrons. The smallest absolute Gasteiger partial charge is 0.253 e. The first-order valence-corrected chi connectivity index (χ1v) is 6.81. The summed E-state index contributed by atoms with van der Waals surface area (Å²) in [5.74, 6) is 0.450. The minimum Gasteiger partial charge on any atom is -0.370 e. The number of aliphatic imine (C=N–C) groups is 1. The SMILES string of the molecule is CCC(C)NC(N)=NCc1ccc(C(=O)N(C)C)cc1.I. The lowest BCUT2D eigenvalue weighted by molar-refractivity contribution is 0.0827. The van der Waals surface area contributed by atoms with Crippen LogP contribution in [0.15, 0.2) is 29.3 Å². The summed E-state index contributed by atoms with van der Waals surface area (Å²) >= 11 is 0. The van der Waals surface area contributed by atoms with E-state index < -0.39 is 0 Å². The van der Waals surface area contributed by atoms with Crippen molar-refractivity contribution in [2.45, 2.75) is 32.9 Å². The van der Waals surface area contributed by atoms with E-state index in [0.717, 1.165) is 12.0 Å². The Bertz CT molecular complexity index is 471. The number of benzene rings is 1. The highest BCUT2D eigenvalue weighted by Crippen LogP contribution is 2.07. The number of guanidine groups is 1. The average Bonchev–Trinajstić information content (AvgIpc) is 2.44. The quantitative estimate of drug-likeness (QED) is 0.449. The first-order valence-electron chi connectivity index (χ1n) is 6.81. The van der Waals surface area contributed by atoms with E-state index in [4.69, 9.17) is 5.73 Å². The van der Waals surface area contributed by atoms with Gasteiger partial charge in [0, 0.05) is 25.7 Å². The van der Waals surface area contributed by atoms with Gasteiger partial charge in [-0.2, -0.15) is 0 Å². The molecular weight excluding hydrogens is 379 g/mol. The molecule has 0 aliphatic carbocycles. The number of hydrogen-bond acceptors (Lipinski definition) is 2. The fourth-order valence-electron chi connectivity index (χ4n) is 1.59. The Morgan fingerprint density at radius 2 is 1.90 bits per heavy atom. The van der Waals surface area contributed by atoms with Gasteiger partial charge in [0.25, 0.3) is 5.91 Å². The van der Waals surface area contributed by atoms with E-state index in [2.05, 4.69) is 24.2 Å². The number of rotatable bonds is 5. The number of carbonyl (C=O) groups excluding carboxylic acids is 1. The number of nitrogens with two attached hydrogens (primary N) is 1. The van der Waals surface area contributed by atoms with Crippen molar-refractivity contribution < 1.29 is 4.79 Å². The molecule has 0 saturated carbocycles. The fraction of sp³-hybridized carbons (Fsp3) is 0.467. The second kappa shape index (κ2) is 9.59. The van der Waals surface area contributed by atoms with Crippen LogP contribution in [0, 0.1) is 0 Å². The summed E-state index contributed by atoms with van der Waals surface area (Å²) < 4.78 is 0. The van der Waals surface area contributed by atoms with E-state index >= 15 is 0 Å². The van der Waals surface area contributed by atoms with Crippen molar-refractivity contribution in [3.05, 3.63) is 35.4 Å². The van der Waals surface area contributed by atoms with Crippen LogP contribution in [0.5, 0.6) is 0 Å². The molecule has 0 heterocycles. The molecule has 1 aromatic rings. The Morgan fingerprint density at radius 1 is 1.33 bits per heavy atom. The van der Waals surface area contributed by atoms with E-state index in [1.807, 2.05) is 24.3 Å². The lowest BCUT2D eigenvalue weighted by Crippen LogP contribution is -2.38. The first-order chi connectivity index (χ1) is 9.43. The predicted octanol–water partition coefficient (Wildman–Crippen LogP) is 2.21. The van der Waals surface area contributed by atoms with Gasteiger partial charge >= 0.3 is 0 Å². The van der Waals surface area contributed by atoms with Gasteiger partial charge < -0.3 is 16.0 Å². The van der Waals surface area contributed by atoms with Crippen molar-refractivity contribution in [1.29, 1.82) is 0 Å². The summed E-state index contributed by atoms with van der Waals surface area (Å²) in [5, 5.41) is 3.11. The van der Waals surface area contributed by atoms with Gasteiger partial charge in [-0.3, -0.25) is 4.79 Å². The molecule has 3 N–H and O–H groups in total. The Kier molecular flexibility index (Phi) is 9.00. The van der Waals surface area contributed by atoms with E-state index in [9.17, 15) is 4.79 Å². The predicted molar refractivity (Wildman–Crippen MR) is 98.1 cm³/mol. The number of nitrogens with zero attached hydrogens (tertiary/aromatic N) is 2. The van der Waals surface area contributed by atoms with Crippen LogP contribution in [0.25, 0.3) is 0 Å². The second-order valence-electron chi connectivity index (χ2n) is 5.05. The summed E-state index contributed by atoms with van der Waals surface area (Å²) in [6.07, 6.45) is 0.998. The summed E-state index contributed by atoms with van der Waals surface area (Å²) in [7, 11) is 3.48. The molecule has 0 bridgehead atoms. The van der Waals surface area contributed by atoms with Crippen LogP contribution in [0.2, 0.25) is 0 Å². The highest BCUT2D eigenvalue weighted by molar-refractivity contribution is 14.0. The molecule has 5 nitrogen and oxygen atoms in total. The number of hydrogen-bond donors (Lipinski definition) is 2. The molecule has 0 saturated heterocycles. The van der Waals surface area contributed by atoms with Gasteiger partial charge in [-0.15, -0.1) is 24.0 Å². The highest BCUT2D eigenvalue weighted by atomic mass is 127. The van der Waals surface area contributed by atoms with Crippen molar-refractivity contribution in [2.75, 3.05) is 14.1 Å². The number of amides is 1. The third kappa shape index (κ3) is 6.79. The Morgan fingerprint density at radius 3 is 2.38 bits per heavy atom. The molecule has 0 fully saturated rings. The molecule has 0 aliphatic rings. The summed E-state index contributed by atoms with van der Waals surface area (Å²) in [4.78, 5) is 17.6. The zero-order valence-electron chi connectivity index (χ0n) is 13.1. The monoisotopic (exact) mass is 404 g/mol. The Hall–Kier alpha value is -1.31. The fourth-order valence-corrected chi connectivity index (χ4v) is 1.59. The van der Waals surface area contributed by atoms with Gasteiger partial charge in [0.1, 0.15) is 0 Å². The van der Waals surface area contributed by atoms with E-state index in [1.165, 1.54) is 0 Å². The molecule has 0 aromatic heterocycles. The first kappa shape index (κ1) is 19.7. The zero-order valence-corrected chi connectivity index (χ0v) is 15.4. The molecule has 1 atom stereocenters. The molecule has 0 aliphatic heterocycles. The summed E-state index contributed by atoms with van der Waals surface area (Å²) in [6.45, 7) is 4.65. The lowest BCUT2D eigenvalue weighted by Gasteiger charge is -2.12. The maximum Gasteiger partial charge on any atom is 0.253 e. The van der Waals surface area contributed by atoms with E-state index in [0.29, 0.717) is 24.1 Å². The Balaban J connectivity index is 0.00000400. The van der Waals surface area contributed by atoms with Crippen molar-refractivity contribution in [3.8, 4) is 0 Å². The summed E-state index contributed by atoms with van der Waals surface area (Å²) in [5.41, 5.74) is 7.49. The molecule has 118 valence electrons. The van der Waals surface area contributed by atoms with Gasteiger partial charge in [0.15, 0.2) is 5.96 Å². The third-order valence-electron chi connectivity index (χ3n) is 3.05. The van der Waals surface area contributed by atoms with Crippen molar-refractivity contribution in [2.24, 2.45) is 10.7 Å². The van der Waals surface area contributed by atoms with E-state index in [1.54, 1.807) is 19.0 Å². The standard InChI is InChI=1S/C15H24N4O.HI/c1-5-11(2)18-15(16)17-10-12-6-8-13(9-7-12)14(20)19(3)4;/h6-9,11H,5,10H2,1-4H3,(H3,16,17,18);1H. The van der Waals surface area contributed by atoms with Gasteiger partial charge in [0.2, 0.25) is 0 Å². The third-order valence-corrected chi connectivity index (χ3v) is 3.05. The number of halogens is 1. The second-order valence-corrected chi connectivity index (χ2v) is 5.05.